The summed E-state index contributed by atoms with van der Waals surface area (Å²) >= 11 is 6.31. The molecule has 1 heterocycles. The zero-order valence-corrected chi connectivity index (χ0v) is 18.2. The van der Waals surface area contributed by atoms with Crippen molar-refractivity contribution in [1.82, 2.24) is 4.90 Å². The Morgan fingerprint density at radius 3 is 2.45 bits per heavy atom. The number of thioether (sulfide) groups is 1. The Bertz CT molecular complexity index is 1130. The van der Waals surface area contributed by atoms with E-state index in [4.69, 9.17) is 21.7 Å². The van der Waals surface area contributed by atoms with Crippen LogP contribution in [0.5, 0.6) is 17.2 Å². The van der Waals surface area contributed by atoms with Crippen molar-refractivity contribution in [3.63, 3.8) is 0 Å². The van der Waals surface area contributed by atoms with Crippen molar-refractivity contribution in [2.45, 2.75) is 0 Å². The molecule has 11 heteroatoms. The van der Waals surface area contributed by atoms with Crippen LogP contribution in [0.2, 0.25) is 0 Å². The van der Waals surface area contributed by atoms with E-state index in [0.717, 1.165) is 6.07 Å². The fourth-order valence-electron chi connectivity index (χ4n) is 2.66. The zero-order valence-electron chi connectivity index (χ0n) is 16.6. The fourth-order valence-corrected chi connectivity index (χ4v) is 3.84. The van der Waals surface area contributed by atoms with Gasteiger partial charge in [-0.15, -0.1) is 0 Å². The van der Waals surface area contributed by atoms with Gasteiger partial charge in [-0.1, -0.05) is 30.0 Å². The lowest BCUT2D eigenvalue weighted by atomic mass is 10.1. The summed E-state index contributed by atoms with van der Waals surface area (Å²) in [4.78, 5) is 36.5. The van der Waals surface area contributed by atoms with E-state index in [9.17, 15) is 19.7 Å². The number of nitrogens with zero attached hydrogens (tertiary/aromatic N) is 2. The Labute approximate surface area is 186 Å². The maximum Gasteiger partial charge on any atom is 0.338 e. The molecule has 1 aliphatic heterocycles. The van der Waals surface area contributed by atoms with E-state index in [-0.39, 0.29) is 23.0 Å². The molecule has 31 heavy (non-hydrogen) atoms. The van der Waals surface area contributed by atoms with Gasteiger partial charge in [0.25, 0.3) is 5.91 Å². The normalized spacial score (nSPS) is 14.7. The lowest BCUT2D eigenvalue weighted by Gasteiger charge is -2.12. The number of hydrogen-bond donors (Lipinski definition) is 0. The molecule has 1 fully saturated rings. The highest BCUT2D eigenvalue weighted by Crippen LogP contribution is 2.38. The fraction of sp³-hybridized carbons (Fsp3) is 0.150. The van der Waals surface area contributed by atoms with Gasteiger partial charge in [0.1, 0.15) is 4.32 Å². The number of hydrogen-bond acceptors (Lipinski definition) is 9. The highest BCUT2D eigenvalue weighted by Gasteiger charge is 2.28. The molecular weight excluding hydrogens is 444 g/mol. The van der Waals surface area contributed by atoms with Crippen LogP contribution < -0.4 is 9.47 Å². The summed E-state index contributed by atoms with van der Waals surface area (Å²) in [5.41, 5.74) is 0.284. The van der Waals surface area contributed by atoms with E-state index >= 15 is 0 Å². The Morgan fingerprint density at radius 1 is 1.16 bits per heavy atom. The van der Waals surface area contributed by atoms with Gasteiger partial charge in [-0.25, -0.2) is 4.79 Å². The SMILES string of the molecule is COC(=O)c1ccc(Oc2ccc(C=C3SC(=S)N(C)C3=O)cc2OC)c([N+](=O)[O-])c1. The topological polar surface area (TPSA) is 108 Å². The molecule has 0 unspecified atom stereocenters. The summed E-state index contributed by atoms with van der Waals surface area (Å²) < 4.78 is 16.1. The van der Waals surface area contributed by atoms with Crippen molar-refractivity contribution >= 4 is 51.9 Å². The van der Waals surface area contributed by atoms with Gasteiger partial charge in [0.2, 0.25) is 5.75 Å². The van der Waals surface area contributed by atoms with Gasteiger partial charge in [0, 0.05) is 13.1 Å². The van der Waals surface area contributed by atoms with Crippen molar-refractivity contribution in [3.8, 4) is 17.2 Å². The summed E-state index contributed by atoms with van der Waals surface area (Å²) in [6.45, 7) is 0. The third kappa shape index (κ3) is 4.67. The monoisotopic (exact) mass is 460 g/mol. The minimum Gasteiger partial charge on any atom is -0.493 e. The maximum atomic E-state index is 12.2. The first-order chi connectivity index (χ1) is 14.7. The average molecular weight is 460 g/mol. The Morgan fingerprint density at radius 2 is 1.87 bits per heavy atom. The Kier molecular flexibility index (Phi) is 6.56. The van der Waals surface area contributed by atoms with E-state index in [1.54, 1.807) is 31.3 Å². The van der Waals surface area contributed by atoms with Crippen molar-refractivity contribution in [1.29, 1.82) is 0 Å². The van der Waals surface area contributed by atoms with Crippen molar-refractivity contribution in [3.05, 3.63) is 62.5 Å². The second-order valence-electron chi connectivity index (χ2n) is 6.18. The van der Waals surface area contributed by atoms with E-state index in [1.807, 2.05) is 0 Å². The van der Waals surface area contributed by atoms with Gasteiger partial charge >= 0.3 is 11.7 Å². The van der Waals surface area contributed by atoms with Crippen molar-refractivity contribution < 1.29 is 28.7 Å². The van der Waals surface area contributed by atoms with Crippen LogP contribution in [0.4, 0.5) is 5.69 Å². The lowest BCUT2D eigenvalue weighted by Crippen LogP contribution is -2.22. The molecule has 9 nitrogen and oxygen atoms in total. The number of esters is 1. The molecule has 1 aliphatic rings. The van der Waals surface area contributed by atoms with Crippen LogP contribution in [0.25, 0.3) is 6.08 Å². The molecular formula is C20H16N2O7S2. The highest BCUT2D eigenvalue weighted by molar-refractivity contribution is 8.26. The van der Waals surface area contributed by atoms with E-state index < -0.39 is 16.6 Å². The first kappa shape index (κ1) is 22.2. The molecule has 0 bridgehead atoms. The number of ether oxygens (including phenoxy) is 3. The van der Waals surface area contributed by atoms with Crippen LogP contribution in [0, 0.1) is 10.1 Å². The summed E-state index contributed by atoms with van der Waals surface area (Å²) in [7, 11) is 4.21. The van der Waals surface area contributed by atoms with Gasteiger partial charge in [-0.3, -0.25) is 19.8 Å². The van der Waals surface area contributed by atoms with E-state index in [1.165, 1.54) is 43.0 Å². The summed E-state index contributed by atoms with van der Waals surface area (Å²) in [6, 6.07) is 8.62. The largest absolute Gasteiger partial charge is 0.493 e. The molecule has 0 radical (unpaired) electrons. The minimum atomic E-state index is -0.700. The molecule has 1 amide bonds. The first-order valence-electron chi connectivity index (χ1n) is 8.69. The molecule has 0 aromatic heterocycles. The quantitative estimate of drug-likeness (QED) is 0.208. The molecule has 0 atom stereocenters. The number of amides is 1. The molecule has 160 valence electrons. The predicted octanol–water partition coefficient (Wildman–Crippen LogP) is 4.01. The van der Waals surface area contributed by atoms with Crippen LogP contribution in [0.15, 0.2) is 41.3 Å². The molecule has 0 saturated carbocycles. The second-order valence-corrected chi connectivity index (χ2v) is 7.86. The van der Waals surface area contributed by atoms with E-state index in [2.05, 4.69) is 4.74 Å². The van der Waals surface area contributed by atoms with Gasteiger partial charge in [-0.2, -0.15) is 0 Å². The van der Waals surface area contributed by atoms with Crippen LogP contribution in [0.3, 0.4) is 0 Å². The van der Waals surface area contributed by atoms with Crippen LogP contribution in [0.1, 0.15) is 15.9 Å². The van der Waals surface area contributed by atoms with Gasteiger partial charge in [0.15, 0.2) is 11.5 Å². The number of rotatable bonds is 6. The van der Waals surface area contributed by atoms with E-state index in [0.29, 0.717) is 20.5 Å². The molecule has 0 spiro atoms. The summed E-state index contributed by atoms with van der Waals surface area (Å²) in [5, 5.41) is 11.4. The molecule has 3 rings (SSSR count). The standard InChI is InChI=1S/C20H16N2O7S2/c1-21-18(23)17(31-20(21)30)9-11-4-6-15(16(8-11)27-2)29-14-7-5-12(19(24)28-3)10-13(14)22(25)26/h4-10H,1-3H3. The number of carbonyl (C=O) groups excluding carboxylic acids is 2. The third-order valence-electron chi connectivity index (χ3n) is 4.27. The molecule has 0 aliphatic carbocycles. The average Bonchev–Trinajstić information content (AvgIpc) is 3.00. The number of thiocarbonyl (C=S) groups is 1. The second kappa shape index (κ2) is 9.14. The molecule has 0 N–H and O–H groups in total. The van der Waals surface area contributed by atoms with Crippen LogP contribution >= 0.6 is 24.0 Å². The van der Waals surface area contributed by atoms with Crippen molar-refractivity contribution in [2.75, 3.05) is 21.3 Å². The van der Waals surface area contributed by atoms with Gasteiger partial charge < -0.3 is 14.2 Å². The highest BCUT2D eigenvalue weighted by atomic mass is 32.2. The Balaban J connectivity index is 1.93. The number of nitro groups is 1. The minimum absolute atomic E-state index is 0.0251. The van der Waals surface area contributed by atoms with Crippen LogP contribution in [-0.2, 0) is 9.53 Å². The first-order valence-corrected chi connectivity index (χ1v) is 9.91. The number of methoxy groups -OCH3 is 2. The molecule has 1 saturated heterocycles. The summed E-state index contributed by atoms with van der Waals surface area (Å²) in [5.74, 6) is -0.455. The molecule has 2 aromatic carbocycles. The number of benzene rings is 2. The van der Waals surface area contributed by atoms with Crippen molar-refractivity contribution in [2.24, 2.45) is 0 Å². The van der Waals surface area contributed by atoms with Crippen LogP contribution in [-0.4, -0.2) is 47.3 Å². The predicted molar refractivity (Wildman–Crippen MR) is 118 cm³/mol. The smallest absolute Gasteiger partial charge is 0.338 e. The Hall–Kier alpha value is -3.44. The lowest BCUT2D eigenvalue weighted by molar-refractivity contribution is -0.385. The third-order valence-corrected chi connectivity index (χ3v) is 5.75. The molecule has 2 aromatic rings. The number of nitro benzene ring substituents is 1. The maximum absolute atomic E-state index is 12.2. The van der Waals surface area contributed by atoms with Gasteiger partial charge in [-0.05, 0) is 35.9 Å². The van der Waals surface area contributed by atoms with Gasteiger partial charge in [0.05, 0.1) is 29.6 Å². The number of carbonyl (C=O) groups is 2. The number of likely N-dealkylation sites (N-methyl/N-ethyl adjacent to an activating group) is 1. The zero-order chi connectivity index (χ0) is 22.7. The summed E-state index contributed by atoms with van der Waals surface area (Å²) in [6.07, 6.45) is 1.67.